The van der Waals surface area contributed by atoms with Crippen LogP contribution in [0.3, 0.4) is 0 Å². The second-order valence-electron chi connectivity index (χ2n) is 2.87. The molecule has 1 aromatic rings. The van der Waals surface area contributed by atoms with Gasteiger partial charge in [-0.25, -0.2) is 0 Å². The molecule has 0 aliphatic carbocycles. The molecular weight excluding hydrogens is 216 g/mol. The first-order chi connectivity index (χ1) is 7.07. The van der Waals surface area contributed by atoms with Crippen LogP contribution >= 0.6 is 11.6 Å². The molecule has 0 atom stereocenters. The predicted molar refractivity (Wildman–Crippen MR) is 58.7 cm³/mol. The van der Waals surface area contributed by atoms with E-state index in [2.05, 4.69) is 0 Å². The van der Waals surface area contributed by atoms with Crippen LogP contribution in [0, 0.1) is 0 Å². The minimum Gasteiger partial charge on any atom is -0.361 e. The van der Waals surface area contributed by atoms with Crippen molar-refractivity contribution in [3.63, 3.8) is 0 Å². The largest absolute Gasteiger partial charge is 0.361 e. The molecular formula is C10H11ClN2O2. The first-order valence-electron chi connectivity index (χ1n) is 4.43. The van der Waals surface area contributed by atoms with Crippen LogP contribution in [0.25, 0.3) is 0 Å². The summed E-state index contributed by atoms with van der Waals surface area (Å²) >= 11 is 5.90. The summed E-state index contributed by atoms with van der Waals surface area (Å²) in [6.45, 7) is 2.08. The average molecular weight is 227 g/mol. The minimum absolute atomic E-state index is 0.339. The van der Waals surface area contributed by atoms with Crippen LogP contribution in [-0.2, 0) is 9.59 Å². The lowest BCUT2D eigenvalue weighted by molar-refractivity contribution is -0.135. The molecule has 0 heterocycles. The van der Waals surface area contributed by atoms with Crippen molar-refractivity contribution in [2.75, 3.05) is 11.4 Å². The molecule has 0 aliphatic heterocycles. The van der Waals surface area contributed by atoms with E-state index in [9.17, 15) is 9.59 Å². The SMILES string of the molecule is CCN(C(=O)C(N)=O)c1ccccc1Cl. The molecule has 0 saturated carbocycles. The van der Waals surface area contributed by atoms with E-state index in [1.807, 2.05) is 0 Å². The summed E-state index contributed by atoms with van der Waals surface area (Å²) in [4.78, 5) is 23.4. The highest BCUT2D eigenvalue weighted by atomic mass is 35.5. The Morgan fingerprint density at radius 1 is 1.40 bits per heavy atom. The van der Waals surface area contributed by atoms with Gasteiger partial charge in [0.05, 0.1) is 10.7 Å². The number of nitrogens with zero attached hydrogens (tertiary/aromatic N) is 1. The van der Waals surface area contributed by atoms with Crippen LogP contribution in [0.4, 0.5) is 5.69 Å². The zero-order chi connectivity index (χ0) is 11.4. The third-order valence-electron chi connectivity index (χ3n) is 1.92. The molecule has 0 aromatic heterocycles. The Bertz CT molecular complexity index is 393. The second-order valence-corrected chi connectivity index (χ2v) is 3.27. The normalized spacial score (nSPS) is 9.73. The molecule has 4 nitrogen and oxygen atoms in total. The molecule has 1 aromatic carbocycles. The molecule has 0 spiro atoms. The topological polar surface area (TPSA) is 63.4 Å². The van der Waals surface area contributed by atoms with Gasteiger partial charge < -0.3 is 10.6 Å². The van der Waals surface area contributed by atoms with Gasteiger partial charge in [0.1, 0.15) is 0 Å². The third kappa shape index (κ3) is 2.47. The molecule has 1 rings (SSSR count). The van der Waals surface area contributed by atoms with Crippen molar-refractivity contribution in [1.29, 1.82) is 0 Å². The number of nitrogens with two attached hydrogens (primary N) is 1. The van der Waals surface area contributed by atoms with Gasteiger partial charge in [0.15, 0.2) is 0 Å². The van der Waals surface area contributed by atoms with E-state index in [0.717, 1.165) is 0 Å². The number of rotatable bonds is 2. The van der Waals surface area contributed by atoms with Crippen LogP contribution in [0.5, 0.6) is 0 Å². The Morgan fingerprint density at radius 3 is 2.47 bits per heavy atom. The predicted octanol–water partition coefficient (Wildman–Crippen LogP) is 1.18. The molecule has 0 fully saturated rings. The van der Waals surface area contributed by atoms with Crippen LogP contribution in [0.2, 0.25) is 5.02 Å². The fraction of sp³-hybridized carbons (Fsp3) is 0.200. The smallest absolute Gasteiger partial charge is 0.316 e. The van der Waals surface area contributed by atoms with Gasteiger partial charge in [0, 0.05) is 6.54 Å². The van der Waals surface area contributed by atoms with Crippen LogP contribution in [0.15, 0.2) is 24.3 Å². The molecule has 2 N–H and O–H groups in total. The Morgan fingerprint density at radius 2 is 2.00 bits per heavy atom. The van der Waals surface area contributed by atoms with E-state index in [0.29, 0.717) is 17.3 Å². The van der Waals surface area contributed by atoms with E-state index < -0.39 is 11.8 Å². The maximum absolute atomic E-state index is 11.4. The fourth-order valence-electron chi connectivity index (χ4n) is 1.23. The molecule has 0 aliphatic rings. The van der Waals surface area contributed by atoms with E-state index in [4.69, 9.17) is 17.3 Å². The standard InChI is InChI=1S/C10H11ClN2O2/c1-2-13(10(15)9(12)14)8-6-4-3-5-7(8)11/h3-6H,2H2,1H3,(H2,12,14). The van der Waals surface area contributed by atoms with Crippen molar-refractivity contribution in [2.45, 2.75) is 6.92 Å². The Hall–Kier alpha value is -1.55. The van der Waals surface area contributed by atoms with E-state index in [1.54, 1.807) is 31.2 Å². The summed E-state index contributed by atoms with van der Waals surface area (Å²) in [5.74, 6) is -1.75. The summed E-state index contributed by atoms with van der Waals surface area (Å²) in [5.41, 5.74) is 5.42. The van der Waals surface area contributed by atoms with Crippen LogP contribution in [-0.4, -0.2) is 18.4 Å². The lowest BCUT2D eigenvalue weighted by Gasteiger charge is -2.20. The van der Waals surface area contributed by atoms with E-state index in [-0.39, 0.29) is 0 Å². The first-order valence-corrected chi connectivity index (χ1v) is 4.81. The van der Waals surface area contributed by atoms with Crippen molar-refractivity contribution in [1.82, 2.24) is 0 Å². The maximum Gasteiger partial charge on any atom is 0.316 e. The average Bonchev–Trinajstić information content (AvgIpc) is 2.21. The minimum atomic E-state index is -0.989. The number of carbonyl (C=O) groups excluding carboxylic acids is 2. The number of hydrogen-bond donors (Lipinski definition) is 1. The molecule has 15 heavy (non-hydrogen) atoms. The molecule has 0 saturated heterocycles. The first kappa shape index (κ1) is 11.5. The van der Waals surface area contributed by atoms with Gasteiger partial charge in [-0.1, -0.05) is 23.7 Å². The van der Waals surface area contributed by atoms with Crippen molar-refractivity contribution >= 4 is 29.1 Å². The highest BCUT2D eigenvalue weighted by molar-refractivity contribution is 6.41. The number of anilines is 1. The molecule has 0 bridgehead atoms. The number of amides is 2. The van der Waals surface area contributed by atoms with Gasteiger partial charge in [-0.2, -0.15) is 0 Å². The van der Waals surface area contributed by atoms with Gasteiger partial charge >= 0.3 is 11.8 Å². The van der Waals surface area contributed by atoms with E-state index in [1.165, 1.54) is 4.90 Å². The van der Waals surface area contributed by atoms with Crippen molar-refractivity contribution in [3.05, 3.63) is 29.3 Å². The maximum atomic E-state index is 11.4. The summed E-state index contributed by atoms with van der Waals surface area (Å²) in [6.07, 6.45) is 0. The van der Waals surface area contributed by atoms with Gasteiger partial charge in [-0.05, 0) is 19.1 Å². The summed E-state index contributed by atoms with van der Waals surface area (Å²) in [6, 6.07) is 6.78. The molecule has 2 amide bonds. The van der Waals surface area contributed by atoms with Gasteiger partial charge in [-0.3, -0.25) is 9.59 Å². The fourth-order valence-corrected chi connectivity index (χ4v) is 1.46. The number of likely N-dealkylation sites (N-methyl/N-ethyl adjacent to an activating group) is 1. The monoisotopic (exact) mass is 226 g/mol. The number of carbonyl (C=O) groups is 2. The quantitative estimate of drug-likeness (QED) is 0.770. The third-order valence-corrected chi connectivity index (χ3v) is 2.24. The zero-order valence-electron chi connectivity index (χ0n) is 8.24. The molecule has 5 heteroatoms. The van der Waals surface area contributed by atoms with Crippen molar-refractivity contribution in [3.8, 4) is 0 Å². The lowest BCUT2D eigenvalue weighted by atomic mass is 10.2. The number of halogens is 1. The van der Waals surface area contributed by atoms with Crippen LogP contribution < -0.4 is 10.6 Å². The van der Waals surface area contributed by atoms with E-state index >= 15 is 0 Å². The molecule has 80 valence electrons. The van der Waals surface area contributed by atoms with Gasteiger partial charge in [-0.15, -0.1) is 0 Å². The van der Waals surface area contributed by atoms with Crippen LogP contribution in [0.1, 0.15) is 6.92 Å². The molecule has 0 unspecified atom stereocenters. The Kier molecular flexibility index (Phi) is 3.68. The number of benzene rings is 1. The summed E-state index contributed by atoms with van der Waals surface area (Å²) in [7, 11) is 0. The number of primary amides is 1. The molecule has 0 radical (unpaired) electrons. The Balaban J connectivity index is 3.08. The summed E-state index contributed by atoms with van der Waals surface area (Å²) in [5, 5.41) is 0.411. The zero-order valence-corrected chi connectivity index (χ0v) is 8.99. The van der Waals surface area contributed by atoms with Gasteiger partial charge in [0.2, 0.25) is 0 Å². The van der Waals surface area contributed by atoms with Crippen molar-refractivity contribution < 1.29 is 9.59 Å². The summed E-state index contributed by atoms with van der Waals surface area (Å²) < 4.78 is 0. The lowest BCUT2D eigenvalue weighted by Crippen LogP contribution is -2.40. The van der Waals surface area contributed by atoms with Crippen molar-refractivity contribution in [2.24, 2.45) is 5.73 Å². The second kappa shape index (κ2) is 4.79. The highest BCUT2D eigenvalue weighted by Crippen LogP contribution is 2.24. The number of hydrogen-bond acceptors (Lipinski definition) is 2. The Labute approximate surface area is 92.6 Å². The highest BCUT2D eigenvalue weighted by Gasteiger charge is 2.20. The number of para-hydroxylation sites is 1. The van der Waals surface area contributed by atoms with Gasteiger partial charge in [0.25, 0.3) is 0 Å².